The fourth-order valence-electron chi connectivity index (χ4n) is 3.96. The summed E-state index contributed by atoms with van der Waals surface area (Å²) in [6.45, 7) is 2.22. The molecule has 0 saturated heterocycles. The summed E-state index contributed by atoms with van der Waals surface area (Å²) in [5.74, 6) is 2.29. The van der Waals surface area contributed by atoms with Gasteiger partial charge in [-0.15, -0.1) is 0 Å². The lowest BCUT2D eigenvalue weighted by Crippen LogP contribution is -2.28. The predicted molar refractivity (Wildman–Crippen MR) is 117 cm³/mol. The molecule has 3 aromatic rings. The third-order valence-corrected chi connectivity index (χ3v) is 5.69. The minimum Gasteiger partial charge on any atom is -0.457 e. The molecule has 1 aromatic carbocycles. The molecule has 1 aliphatic rings. The van der Waals surface area contributed by atoms with Gasteiger partial charge in [0.15, 0.2) is 0 Å². The van der Waals surface area contributed by atoms with E-state index in [0.717, 1.165) is 10.9 Å². The minimum absolute atomic E-state index is 0.255. The molecule has 0 bridgehead atoms. The summed E-state index contributed by atoms with van der Waals surface area (Å²) in [6.07, 6.45) is 9.91. The Morgan fingerprint density at radius 1 is 1.10 bits per heavy atom. The Hall–Kier alpha value is -3.22. The molecular formula is C23H27N5O2. The lowest BCUT2D eigenvalue weighted by molar-refractivity contribution is 0.0958. The third kappa shape index (κ3) is 4.67. The number of hydrogen-bond donors (Lipinski definition) is 2. The maximum absolute atomic E-state index is 11.8. The van der Waals surface area contributed by atoms with E-state index in [9.17, 15) is 4.79 Å². The van der Waals surface area contributed by atoms with Crippen molar-refractivity contribution < 1.29 is 9.53 Å². The number of hydrogen-bond acceptors (Lipinski definition) is 6. The van der Waals surface area contributed by atoms with E-state index in [0.29, 0.717) is 35.1 Å². The van der Waals surface area contributed by atoms with E-state index >= 15 is 0 Å². The van der Waals surface area contributed by atoms with E-state index in [-0.39, 0.29) is 5.91 Å². The molecule has 4 rings (SSSR count). The van der Waals surface area contributed by atoms with Crippen molar-refractivity contribution in [3.63, 3.8) is 0 Å². The molecule has 2 aromatic heterocycles. The molecule has 1 fully saturated rings. The topological polar surface area (TPSA) is 89.0 Å². The molecule has 1 unspecified atom stereocenters. The molecule has 1 saturated carbocycles. The Balaban J connectivity index is 1.47. The monoisotopic (exact) mass is 405 g/mol. The number of amides is 1. The Morgan fingerprint density at radius 3 is 2.70 bits per heavy atom. The number of benzene rings is 1. The first-order valence-corrected chi connectivity index (χ1v) is 10.5. The van der Waals surface area contributed by atoms with E-state index in [1.54, 1.807) is 25.4 Å². The molecule has 0 spiro atoms. The second-order valence-corrected chi connectivity index (χ2v) is 7.80. The van der Waals surface area contributed by atoms with Gasteiger partial charge in [-0.3, -0.25) is 9.78 Å². The summed E-state index contributed by atoms with van der Waals surface area (Å²) in [6, 6.07) is 9.37. The molecule has 30 heavy (non-hydrogen) atoms. The number of anilines is 1. The van der Waals surface area contributed by atoms with Crippen LogP contribution in [-0.2, 0) is 0 Å². The summed E-state index contributed by atoms with van der Waals surface area (Å²) in [4.78, 5) is 25.0. The van der Waals surface area contributed by atoms with E-state index in [1.807, 2.05) is 24.4 Å². The summed E-state index contributed by atoms with van der Waals surface area (Å²) in [5, 5.41) is 6.93. The number of ether oxygens (including phenoxy) is 1. The normalized spacial score (nSPS) is 15.5. The second-order valence-electron chi connectivity index (χ2n) is 7.80. The van der Waals surface area contributed by atoms with Crippen molar-refractivity contribution in [2.24, 2.45) is 5.92 Å². The van der Waals surface area contributed by atoms with E-state index in [1.165, 1.54) is 32.1 Å². The molecule has 7 nitrogen and oxygen atoms in total. The Bertz CT molecular complexity index is 1030. The molecule has 1 amide bonds. The van der Waals surface area contributed by atoms with Gasteiger partial charge in [0.2, 0.25) is 5.95 Å². The van der Waals surface area contributed by atoms with Gasteiger partial charge >= 0.3 is 0 Å². The summed E-state index contributed by atoms with van der Waals surface area (Å²) >= 11 is 0. The lowest BCUT2D eigenvalue weighted by Gasteiger charge is -2.28. The van der Waals surface area contributed by atoms with E-state index in [2.05, 4.69) is 32.5 Å². The lowest BCUT2D eigenvalue weighted by atomic mass is 9.85. The van der Waals surface area contributed by atoms with Gasteiger partial charge in [0.1, 0.15) is 17.2 Å². The highest BCUT2D eigenvalue weighted by Gasteiger charge is 2.20. The third-order valence-electron chi connectivity index (χ3n) is 5.69. The van der Waals surface area contributed by atoms with Gasteiger partial charge in [-0.1, -0.05) is 19.3 Å². The van der Waals surface area contributed by atoms with Crippen molar-refractivity contribution in [2.75, 3.05) is 12.4 Å². The average molecular weight is 406 g/mol. The number of nitrogens with one attached hydrogen (secondary N) is 2. The highest BCUT2D eigenvalue weighted by Crippen LogP contribution is 2.28. The highest BCUT2D eigenvalue weighted by molar-refractivity contribution is 5.92. The largest absolute Gasteiger partial charge is 0.457 e. The molecule has 156 valence electrons. The van der Waals surface area contributed by atoms with Crippen LogP contribution in [-0.4, -0.2) is 33.9 Å². The van der Waals surface area contributed by atoms with Gasteiger partial charge in [0.05, 0.1) is 5.52 Å². The number of carbonyl (C=O) groups excluding carboxylic acids is 1. The number of aromatic nitrogens is 3. The zero-order valence-corrected chi connectivity index (χ0v) is 17.4. The zero-order valence-electron chi connectivity index (χ0n) is 17.4. The van der Waals surface area contributed by atoms with E-state index < -0.39 is 0 Å². The van der Waals surface area contributed by atoms with Crippen LogP contribution in [0.3, 0.4) is 0 Å². The fraction of sp³-hybridized carbons (Fsp3) is 0.391. The first-order chi connectivity index (χ1) is 14.6. The number of pyridine rings is 1. The smallest absolute Gasteiger partial charge is 0.269 e. The number of nitrogens with zero attached hydrogens (tertiary/aromatic N) is 3. The Morgan fingerprint density at radius 2 is 1.90 bits per heavy atom. The van der Waals surface area contributed by atoms with Crippen LogP contribution in [0.15, 0.2) is 42.7 Å². The van der Waals surface area contributed by atoms with Crippen LogP contribution < -0.4 is 15.4 Å². The van der Waals surface area contributed by atoms with Gasteiger partial charge in [-0.25, -0.2) is 9.97 Å². The summed E-state index contributed by atoms with van der Waals surface area (Å²) in [5.41, 5.74) is 1.17. The molecule has 1 aliphatic carbocycles. The number of fused-ring (bicyclic) bond motifs is 1. The van der Waals surface area contributed by atoms with Crippen molar-refractivity contribution in [1.82, 2.24) is 20.3 Å². The highest BCUT2D eigenvalue weighted by atomic mass is 16.5. The molecular weight excluding hydrogens is 378 g/mol. The first-order valence-electron chi connectivity index (χ1n) is 10.5. The van der Waals surface area contributed by atoms with Crippen molar-refractivity contribution in [1.29, 1.82) is 0 Å². The van der Waals surface area contributed by atoms with Crippen LogP contribution in [0.5, 0.6) is 11.5 Å². The van der Waals surface area contributed by atoms with Crippen molar-refractivity contribution in [3.05, 3.63) is 48.4 Å². The molecule has 0 radical (unpaired) electrons. The van der Waals surface area contributed by atoms with Crippen LogP contribution in [0, 0.1) is 5.92 Å². The SMILES string of the molecule is CNC(=O)c1cc(Oc2ccc3nc(NC(C)C4CCCCC4)ncc3c2)ccn1. The molecule has 0 aliphatic heterocycles. The van der Waals surface area contributed by atoms with Crippen molar-refractivity contribution in [3.8, 4) is 11.5 Å². The number of rotatable bonds is 6. The minimum atomic E-state index is -0.255. The zero-order chi connectivity index (χ0) is 20.9. The first kappa shape index (κ1) is 20.1. The van der Waals surface area contributed by atoms with Crippen LogP contribution in [0.1, 0.15) is 49.5 Å². The predicted octanol–water partition coefficient (Wildman–Crippen LogP) is 4.56. The fourth-order valence-corrected chi connectivity index (χ4v) is 3.96. The van der Waals surface area contributed by atoms with Gasteiger partial charge in [0, 0.05) is 36.9 Å². The molecule has 7 heteroatoms. The maximum Gasteiger partial charge on any atom is 0.269 e. The van der Waals surface area contributed by atoms with Gasteiger partial charge in [0.25, 0.3) is 5.91 Å². The van der Waals surface area contributed by atoms with Gasteiger partial charge in [-0.05, 0) is 49.9 Å². The van der Waals surface area contributed by atoms with Crippen LogP contribution in [0.25, 0.3) is 10.9 Å². The Labute approximate surface area is 176 Å². The van der Waals surface area contributed by atoms with Crippen molar-refractivity contribution >= 4 is 22.8 Å². The quantitative estimate of drug-likeness (QED) is 0.625. The Kier molecular flexibility index (Phi) is 6.07. The van der Waals surface area contributed by atoms with Crippen molar-refractivity contribution in [2.45, 2.75) is 45.1 Å². The second kappa shape index (κ2) is 9.07. The van der Waals surface area contributed by atoms with Gasteiger partial charge < -0.3 is 15.4 Å². The molecule has 2 N–H and O–H groups in total. The van der Waals surface area contributed by atoms with Gasteiger partial charge in [-0.2, -0.15) is 0 Å². The van der Waals surface area contributed by atoms with E-state index in [4.69, 9.17) is 4.74 Å². The summed E-state index contributed by atoms with van der Waals surface area (Å²) < 4.78 is 5.90. The van der Waals surface area contributed by atoms with Crippen LogP contribution >= 0.6 is 0 Å². The standard InChI is InChI=1S/C23H27N5O2/c1-15(16-6-4-3-5-7-16)27-23-26-14-17-12-18(8-9-20(17)28-23)30-19-10-11-25-21(13-19)22(29)24-2/h8-16H,3-7H2,1-2H3,(H,24,29)(H,26,27,28). The van der Waals surface area contributed by atoms with Crippen LogP contribution in [0.2, 0.25) is 0 Å². The number of carbonyl (C=O) groups is 1. The average Bonchev–Trinajstić information content (AvgIpc) is 2.79. The maximum atomic E-state index is 11.8. The molecule has 2 heterocycles. The molecule has 1 atom stereocenters. The summed E-state index contributed by atoms with van der Waals surface area (Å²) in [7, 11) is 1.57. The van der Waals surface area contributed by atoms with Crippen LogP contribution in [0.4, 0.5) is 5.95 Å².